The Bertz CT molecular complexity index is 579. The van der Waals surface area contributed by atoms with Gasteiger partial charge in [0.05, 0.1) is 5.56 Å². The van der Waals surface area contributed by atoms with Crippen LogP contribution < -0.4 is 0 Å². The van der Waals surface area contributed by atoms with Crippen molar-refractivity contribution in [3.8, 4) is 16.9 Å². The van der Waals surface area contributed by atoms with Gasteiger partial charge in [-0.2, -0.15) is 0 Å². The lowest BCUT2D eigenvalue weighted by molar-refractivity contribution is 0.0696. The average molecular weight is 249 g/mol. The first-order valence-corrected chi connectivity index (χ1v) is 5.28. The average Bonchev–Trinajstić information content (AvgIpc) is 2.30. The highest BCUT2D eigenvalue weighted by molar-refractivity contribution is 6.33. The van der Waals surface area contributed by atoms with Crippen LogP contribution in [-0.4, -0.2) is 16.2 Å². The number of aromatic hydroxyl groups is 1. The molecule has 86 valence electrons. The molecular weight excluding hydrogens is 240 g/mol. The number of phenols is 1. The lowest BCUT2D eigenvalue weighted by Gasteiger charge is -2.07. The van der Waals surface area contributed by atoms with E-state index in [0.717, 1.165) is 0 Å². The van der Waals surface area contributed by atoms with Gasteiger partial charge in [0.25, 0.3) is 0 Å². The maximum Gasteiger partial charge on any atom is 0.335 e. The molecule has 2 aromatic carbocycles. The molecule has 2 rings (SSSR count). The van der Waals surface area contributed by atoms with Crippen molar-refractivity contribution in [2.75, 3.05) is 0 Å². The number of carbonyl (C=O) groups is 1. The van der Waals surface area contributed by atoms with Crippen molar-refractivity contribution in [2.24, 2.45) is 0 Å². The van der Waals surface area contributed by atoms with Crippen LogP contribution in [0.25, 0.3) is 11.1 Å². The summed E-state index contributed by atoms with van der Waals surface area (Å²) in [7, 11) is 0. The van der Waals surface area contributed by atoms with Crippen molar-refractivity contribution in [1.82, 2.24) is 0 Å². The standard InChI is InChI=1S/C13H9ClO3/c14-11-4-2-1-3-9(11)10-6-5-8(13(16)17)7-12(10)15/h1-7,15H,(H,16,17). The number of hydrogen-bond donors (Lipinski definition) is 2. The predicted octanol–water partition coefficient (Wildman–Crippen LogP) is 3.41. The Kier molecular flexibility index (Phi) is 3.02. The zero-order chi connectivity index (χ0) is 12.4. The number of halogens is 1. The van der Waals surface area contributed by atoms with Gasteiger partial charge in [0.2, 0.25) is 0 Å². The second kappa shape index (κ2) is 4.47. The number of carboxylic acid groups (broad SMARTS) is 1. The molecule has 0 heterocycles. The zero-order valence-corrected chi connectivity index (χ0v) is 9.48. The first-order chi connectivity index (χ1) is 8.09. The van der Waals surface area contributed by atoms with E-state index in [4.69, 9.17) is 16.7 Å². The summed E-state index contributed by atoms with van der Waals surface area (Å²) in [6, 6.07) is 11.2. The number of phenolic OH excluding ortho intramolecular Hbond substituents is 1. The van der Waals surface area contributed by atoms with E-state index in [2.05, 4.69) is 0 Å². The maximum absolute atomic E-state index is 10.7. The van der Waals surface area contributed by atoms with E-state index >= 15 is 0 Å². The van der Waals surface area contributed by atoms with Crippen LogP contribution in [0, 0.1) is 0 Å². The fourth-order valence-electron chi connectivity index (χ4n) is 1.57. The van der Waals surface area contributed by atoms with Gasteiger partial charge in [-0.1, -0.05) is 29.8 Å². The number of carboxylic acids is 1. The fourth-order valence-corrected chi connectivity index (χ4v) is 1.81. The molecule has 0 spiro atoms. The predicted molar refractivity (Wildman–Crippen MR) is 65.5 cm³/mol. The van der Waals surface area contributed by atoms with Gasteiger partial charge in [-0.15, -0.1) is 0 Å². The zero-order valence-electron chi connectivity index (χ0n) is 8.72. The molecule has 0 aromatic heterocycles. The summed E-state index contributed by atoms with van der Waals surface area (Å²) >= 11 is 6.01. The Morgan fingerprint density at radius 2 is 1.76 bits per heavy atom. The molecule has 0 saturated carbocycles. The molecule has 0 radical (unpaired) electrons. The minimum absolute atomic E-state index is 0.0401. The summed E-state index contributed by atoms with van der Waals surface area (Å²) in [5, 5.41) is 19.1. The highest BCUT2D eigenvalue weighted by Gasteiger charge is 2.10. The number of benzene rings is 2. The van der Waals surface area contributed by atoms with Crippen LogP contribution in [0.4, 0.5) is 0 Å². The van der Waals surface area contributed by atoms with E-state index in [1.165, 1.54) is 12.1 Å². The summed E-state index contributed by atoms with van der Waals surface area (Å²) < 4.78 is 0. The van der Waals surface area contributed by atoms with Gasteiger partial charge in [-0.25, -0.2) is 4.79 Å². The minimum Gasteiger partial charge on any atom is -0.507 e. The molecule has 0 amide bonds. The summed E-state index contributed by atoms with van der Waals surface area (Å²) in [4.78, 5) is 10.7. The largest absolute Gasteiger partial charge is 0.507 e. The Balaban J connectivity index is 2.55. The third-order valence-electron chi connectivity index (χ3n) is 2.41. The first kappa shape index (κ1) is 11.5. The van der Waals surface area contributed by atoms with Crippen molar-refractivity contribution in [3.05, 3.63) is 53.1 Å². The fraction of sp³-hybridized carbons (Fsp3) is 0. The van der Waals surface area contributed by atoms with Gasteiger partial charge in [0.1, 0.15) is 5.75 Å². The summed E-state index contributed by atoms with van der Waals surface area (Å²) in [6.45, 7) is 0. The second-order valence-corrected chi connectivity index (χ2v) is 3.92. The third kappa shape index (κ3) is 2.24. The van der Waals surface area contributed by atoms with Crippen LogP contribution in [0.5, 0.6) is 5.75 Å². The van der Waals surface area contributed by atoms with Crippen molar-refractivity contribution in [2.45, 2.75) is 0 Å². The van der Waals surface area contributed by atoms with E-state index in [-0.39, 0.29) is 11.3 Å². The Labute approximate surface area is 103 Å². The van der Waals surface area contributed by atoms with E-state index in [1.807, 2.05) is 0 Å². The molecule has 2 aromatic rings. The molecule has 2 N–H and O–H groups in total. The van der Waals surface area contributed by atoms with Crippen LogP contribution >= 0.6 is 11.6 Å². The van der Waals surface area contributed by atoms with Gasteiger partial charge in [0, 0.05) is 16.1 Å². The molecule has 0 bridgehead atoms. The van der Waals surface area contributed by atoms with Crippen LogP contribution in [0.15, 0.2) is 42.5 Å². The van der Waals surface area contributed by atoms with Crippen LogP contribution in [0.1, 0.15) is 10.4 Å². The highest BCUT2D eigenvalue weighted by atomic mass is 35.5. The van der Waals surface area contributed by atoms with Gasteiger partial charge in [0.15, 0.2) is 0 Å². The van der Waals surface area contributed by atoms with Crippen molar-refractivity contribution in [1.29, 1.82) is 0 Å². The SMILES string of the molecule is O=C(O)c1ccc(-c2ccccc2Cl)c(O)c1. The molecule has 0 aliphatic heterocycles. The van der Waals surface area contributed by atoms with Crippen LogP contribution in [-0.2, 0) is 0 Å². The quantitative estimate of drug-likeness (QED) is 0.856. The number of rotatable bonds is 2. The molecule has 0 aliphatic rings. The molecule has 0 fully saturated rings. The molecule has 0 atom stereocenters. The number of hydrogen-bond acceptors (Lipinski definition) is 2. The third-order valence-corrected chi connectivity index (χ3v) is 2.74. The summed E-state index contributed by atoms with van der Waals surface area (Å²) in [5.41, 5.74) is 1.22. The van der Waals surface area contributed by atoms with Gasteiger partial charge >= 0.3 is 5.97 Å². The Morgan fingerprint density at radius 1 is 1.06 bits per heavy atom. The lowest BCUT2D eigenvalue weighted by atomic mass is 10.0. The first-order valence-electron chi connectivity index (χ1n) is 4.91. The molecule has 3 nitrogen and oxygen atoms in total. The van der Waals surface area contributed by atoms with Crippen LogP contribution in [0.2, 0.25) is 5.02 Å². The Morgan fingerprint density at radius 3 is 2.35 bits per heavy atom. The lowest BCUT2D eigenvalue weighted by Crippen LogP contribution is -1.95. The molecule has 17 heavy (non-hydrogen) atoms. The number of aromatic carboxylic acids is 1. The Hall–Kier alpha value is -2.00. The molecule has 0 unspecified atom stereocenters. The van der Waals surface area contributed by atoms with Gasteiger partial charge in [-0.05, 0) is 24.3 Å². The van der Waals surface area contributed by atoms with E-state index in [1.54, 1.807) is 30.3 Å². The van der Waals surface area contributed by atoms with Crippen molar-refractivity contribution < 1.29 is 15.0 Å². The maximum atomic E-state index is 10.7. The second-order valence-electron chi connectivity index (χ2n) is 3.52. The summed E-state index contributed by atoms with van der Waals surface area (Å²) in [6.07, 6.45) is 0. The van der Waals surface area contributed by atoms with E-state index in [0.29, 0.717) is 16.1 Å². The summed E-state index contributed by atoms with van der Waals surface area (Å²) in [5.74, 6) is -1.18. The van der Waals surface area contributed by atoms with E-state index in [9.17, 15) is 9.90 Å². The van der Waals surface area contributed by atoms with Crippen molar-refractivity contribution in [3.63, 3.8) is 0 Å². The monoisotopic (exact) mass is 248 g/mol. The van der Waals surface area contributed by atoms with Gasteiger partial charge < -0.3 is 10.2 Å². The molecule has 0 aliphatic carbocycles. The molecule has 0 saturated heterocycles. The van der Waals surface area contributed by atoms with Gasteiger partial charge in [-0.3, -0.25) is 0 Å². The topological polar surface area (TPSA) is 57.5 Å². The smallest absolute Gasteiger partial charge is 0.335 e. The molecule has 4 heteroatoms. The van der Waals surface area contributed by atoms with Crippen molar-refractivity contribution >= 4 is 17.6 Å². The van der Waals surface area contributed by atoms with E-state index < -0.39 is 5.97 Å². The minimum atomic E-state index is -1.08. The van der Waals surface area contributed by atoms with Crippen LogP contribution in [0.3, 0.4) is 0 Å². The molecular formula is C13H9ClO3. The highest BCUT2D eigenvalue weighted by Crippen LogP contribution is 2.34. The normalized spacial score (nSPS) is 10.2.